The lowest BCUT2D eigenvalue weighted by atomic mass is 9.89. The van der Waals surface area contributed by atoms with Gasteiger partial charge in [-0.15, -0.1) is 0 Å². The summed E-state index contributed by atoms with van der Waals surface area (Å²) in [5.41, 5.74) is 1.93. The van der Waals surface area contributed by atoms with E-state index in [2.05, 4.69) is 35.6 Å². The largest absolute Gasteiger partial charge is 0.494 e. The van der Waals surface area contributed by atoms with E-state index in [0.29, 0.717) is 61.8 Å². The molecule has 0 spiro atoms. The normalized spacial score (nSPS) is 16.4. The lowest BCUT2D eigenvalue weighted by molar-refractivity contribution is 0.0709. The van der Waals surface area contributed by atoms with Crippen LogP contribution in [0, 0.1) is 11.8 Å². The van der Waals surface area contributed by atoms with Gasteiger partial charge in [0.15, 0.2) is 11.5 Å². The monoisotopic (exact) mass is 546 g/mol. The number of amides is 1. The maximum atomic E-state index is 13.9. The van der Waals surface area contributed by atoms with Crippen molar-refractivity contribution in [2.45, 2.75) is 19.3 Å². The first-order chi connectivity index (χ1) is 19.7. The van der Waals surface area contributed by atoms with E-state index in [1.165, 1.54) is 5.56 Å². The second kappa shape index (κ2) is 15.9. The van der Waals surface area contributed by atoms with Gasteiger partial charge in [0.2, 0.25) is 0 Å². The molecule has 1 amide bonds. The minimum Gasteiger partial charge on any atom is -0.494 e. The fraction of sp³-hybridized carbons (Fsp3) is 0.424. The van der Waals surface area contributed by atoms with Gasteiger partial charge in [0.1, 0.15) is 5.75 Å². The zero-order valence-electron chi connectivity index (χ0n) is 23.7. The van der Waals surface area contributed by atoms with Crippen molar-refractivity contribution in [3.63, 3.8) is 0 Å². The van der Waals surface area contributed by atoms with Gasteiger partial charge in [-0.1, -0.05) is 48.5 Å². The SMILES string of the molecule is COCCCOc1cc(C(=O)N(CCCOc2ccccc2)C[C@@H]2CNC[C@H]2Cc2ccccc2)ccc1OC. The summed E-state index contributed by atoms with van der Waals surface area (Å²) in [4.78, 5) is 15.9. The highest BCUT2D eigenvalue weighted by Gasteiger charge is 2.30. The molecule has 4 rings (SSSR count). The predicted molar refractivity (Wildman–Crippen MR) is 157 cm³/mol. The highest BCUT2D eigenvalue weighted by Crippen LogP contribution is 2.30. The molecule has 0 unspecified atom stereocenters. The molecule has 40 heavy (non-hydrogen) atoms. The third kappa shape index (κ3) is 8.73. The Bertz CT molecular complexity index is 1160. The zero-order chi connectivity index (χ0) is 28.0. The van der Waals surface area contributed by atoms with Crippen LogP contribution < -0.4 is 19.5 Å². The first-order valence-corrected chi connectivity index (χ1v) is 14.2. The van der Waals surface area contributed by atoms with Crippen molar-refractivity contribution in [1.82, 2.24) is 10.2 Å². The molecule has 1 aliphatic rings. The third-order valence-electron chi connectivity index (χ3n) is 7.31. The smallest absolute Gasteiger partial charge is 0.254 e. The van der Waals surface area contributed by atoms with Crippen LogP contribution in [0.25, 0.3) is 0 Å². The summed E-state index contributed by atoms with van der Waals surface area (Å²) in [5.74, 6) is 2.85. The Balaban J connectivity index is 1.46. The van der Waals surface area contributed by atoms with E-state index >= 15 is 0 Å². The summed E-state index contributed by atoms with van der Waals surface area (Å²) in [6, 6.07) is 25.8. The van der Waals surface area contributed by atoms with Crippen LogP contribution in [0.2, 0.25) is 0 Å². The number of nitrogens with zero attached hydrogens (tertiary/aromatic N) is 1. The molecule has 0 aromatic heterocycles. The maximum Gasteiger partial charge on any atom is 0.254 e. The van der Waals surface area contributed by atoms with E-state index in [4.69, 9.17) is 18.9 Å². The van der Waals surface area contributed by atoms with E-state index < -0.39 is 0 Å². The molecule has 1 aliphatic heterocycles. The van der Waals surface area contributed by atoms with Crippen LogP contribution in [-0.4, -0.2) is 71.0 Å². The van der Waals surface area contributed by atoms with Gasteiger partial charge in [-0.2, -0.15) is 0 Å². The van der Waals surface area contributed by atoms with Crippen LogP contribution in [0.15, 0.2) is 78.9 Å². The minimum absolute atomic E-state index is 0.00512. The Morgan fingerprint density at radius 1 is 0.825 bits per heavy atom. The number of carbonyl (C=O) groups is 1. The van der Waals surface area contributed by atoms with E-state index in [9.17, 15) is 4.79 Å². The molecule has 214 valence electrons. The predicted octanol–water partition coefficient (Wildman–Crippen LogP) is 5.10. The van der Waals surface area contributed by atoms with Crippen LogP contribution in [0.5, 0.6) is 17.2 Å². The Kier molecular flexibility index (Phi) is 11.7. The maximum absolute atomic E-state index is 13.9. The molecule has 3 aromatic carbocycles. The zero-order valence-corrected chi connectivity index (χ0v) is 23.7. The van der Waals surface area contributed by atoms with E-state index in [1.807, 2.05) is 47.4 Å². The summed E-state index contributed by atoms with van der Waals surface area (Å²) >= 11 is 0. The van der Waals surface area contributed by atoms with Gasteiger partial charge in [-0.3, -0.25) is 4.79 Å². The molecular formula is C33H42N2O5. The number of benzene rings is 3. The highest BCUT2D eigenvalue weighted by molar-refractivity contribution is 5.95. The van der Waals surface area contributed by atoms with Crippen molar-refractivity contribution in [1.29, 1.82) is 0 Å². The molecule has 0 bridgehead atoms. The van der Waals surface area contributed by atoms with Crippen molar-refractivity contribution in [2.75, 3.05) is 60.2 Å². The summed E-state index contributed by atoms with van der Waals surface area (Å²) < 4.78 is 22.5. The molecule has 0 saturated carbocycles. The van der Waals surface area contributed by atoms with Gasteiger partial charge in [0.25, 0.3) is 5.91 Å². The molecule has 2 atom stereocenters. The molecule has 1 N–H and O–H groups in total. The van der Waals surface area contributed by atoms with Crippen LogP contribution in [-0.2, 0) is 11.2 Å². The first-order valence-electron chi connectivity index (χ1n) is 14.2. The average molecular weight is 547 g/mol. The Hall–Kier alpha value is -3.55. The number of para-hydroxylation sites is 1. The molecule has 0 radical (unpaired) electrons. The number of hydrogen-bond acceptors (Lipinski definition) is 6. The number of carbonyl (C=O) groups excluding carboxylic acids is 1. The van der Waals surface area contributed by atoms with Gasteiger partial charge in [0, 0.05) is 38.8 Å². The molecule has 1 heterocycles. The van der Waals surface area contributed by atoms with Crippen molar-refractivity contribution in [3.05, 3.63) is 90.0 Å². The number of ether oxygens (including phenoxy) is 4. The average Bonchev–Trinajstić information content (AvgIpc) is 3.43. The van der Waals surface area contributed by atoms with Gasteiger partial charge in [0.05, 0.1) is 20.3 Å². The van der Waals surface area contributed by atoms with Gasteiger partial charge >= 0.3 is 0 Å². The molecule has 3 aromatic rings. The topological polar surface area (TPSA) is 69.3 Å². The molecular weight excluding hydrogens is 504 g/mol. The summed E-state index contributed by atoms with van der Waals surface area (Å²) in [6.07, 6.45) is 2.49. The summed E-state index contributed by atoms with van der Waals surface area (Å²) in [5, 5.41) is 3.56. The Morgan fingerprint density at radius 2 is 1.55 bits per heavy atom. The summed E-state index contributed by atoms with van der Waals surface area (Å²) in [7, 11) is 3.28. The standard InChI is InChI=1S/C33H42N2O5/c1-37-18-10-20-40-32-22-27(15-16-31(32)38-2)33(36)35(17-9-19-39-30-13-7-4-8-14-30)25-29-24-34-23-28(29)21-26-11-5-3-6-12-26/h3-8,11-16,22,28-29,34H,9-10,17-21,23-25H2,1-2H3/t28-,29+/m1/s1. The highest BCUT2D eigenvalue weighted by atomic mass is 16.5. The summed E-state index contributed by atoms with van der Waals surface area (Å²) in [6.45, 7) is 4.79. The van der Waals surface area contributed by atoms with Crippen molar-refractivity contribution in [3.8, 4) is 17.2 Å². The Morgan fingerprint density at radius 3 is 2.30 bits per heavy atom. The van der Waals surface area contributed by atoms with Crippen molar-refractivity contribution < 1.29 is 23.7 Å². The second-order valence-corrected chi connectivity index (χ2v) is 10.2. The Labute approximate surface area is 238 Å². The van der Waals surface area contributed by atoms with Gasteiger partial charge in [-0.05, 0) is 73.7 Å². The fourth-order valence-corrected chi connectivity index (χ4v) is 5.17. The molecule has 1 fully saturated rings. The lowest BCUT2D eigenvalue weighted by Crippen LogP contribution is -2.39. The number of rotatable bonds is 16. The molecule has 0 aliphatic carbocycles. The minimum atomic E-state index is -0.00512. The van der Waals surface area contributed by atoms with Crippen molar-refractivity contribution >= 4 is 5.91 Å². The number of hydrogen-bond donors (Lipinski definition) is 1. The van der Waals surface area contributed by atoms with E-state index in [0.717, 1.165) is 38.1 Å². The lowest BCUT2D eigenvalue weighted by Gasteiger charge is -2.29. The third-order valence-corrected chi connectivity index (χ3v) is 7.31. The fourth-order valence-electron chi connectivity index (χ4n) is 5.17. The molecule has 1 saturated heterocycles. The second-order valence-electron chi connectivity index (χ2n) is 10.2. The number of methoxy groups -OCH3 is 2. The van der Waals surface area contributed by atoms with Crippen LogP contribution >= 0.6 is 0 Å². The van der Waals surface area contributed by atoms with Crippen LogP contribution in [0.1, 0.15) is 28.8 Å². The first kappa shape index (κ1) is 29.4. The molecule has 7 nitrogen and oxygen atoms in total. The van der Waals surface area contributed by atoms with Crippen LogP contribution in [0.3, 0.4) is 0 Å². The van der Waals surface area contributed by atoms with Gasteiger partial charge < -0.3 is 29.2 Å². The van der Waals surface area contributed by atoms with Gasteiger partial charge in [-0.25, -0.2) is 0 Å². The van der Waals surface area contributed by atoms with Crippen molar-refractivity contribution in [2.24, 2.45) is 11.8 Å². The molecule has 7 heteroatoms. The quantitative estimate of drug-likeness (QED) is 0.252. The van der Waals surface area contributed by atoms with E-state index in [1.54, 1.807) is 20.3 Å². The van der Waals surface area contributed by atoms with Crippen LogP contribution in [0.4, 0.5) is 0 Å². The van der Waals surface area contributed by atoms with E-state index in [-0.39, 0.29) is 5.91 Å². The number of nitrogens with one attached hydrogen (secondary N) is 1.